The molecule has 0 atom stereocenters. The smallest absolute Gasteiger partial charge is 0.305 e. The lowest BCUT2D eigenvalue weighted by Gasteiger charge is -2.03. The number of carbonyl (C=O) groups is 1. The van der Waals surface area contributed by atoms with Crippen LogP contribution in [0.4, 0.5) is 0 Å². The number of hydrogen-bond acceptors (Lipinski definition) is 5. The fourth-order valence-corrected chi connectivity index (χ4v) is 3.18. The van der Waals surface area contributed by atoms with Crippen LogP contribution < -0.4 is 11.1 Å². The summed E-state index contributed by atoms with van der Waals surface area (Å²) >= 11 is 13.5. The number of hydrazone groups is 1. The quantitative estimate of drug-likeness (QED) is 0.525. The minimum Gasteiger partial charge on any atom is -0.305 e. The number of thiophene rings is 1. The third-order valence-corrected chi connectivity index (χ3v) is 4.69. The minimum absolute atomic E-state index is 0.0467. The van der Waals surface area contributed by atoms with Crippen molar-refractivity contribution >= 4 is 46.7 Å². The highest BCUT2D eigenvalue weighted by atomic mass is 35.5. The molecule has 0 fully saturated rings. The van der Waals surface area contributed by atoms with Crippen molar-refractivity contribution in [1.82, 2.24) is 15.4 Å². The first-order valence-corrected chi connectivity index (χ1v) is 8.61. The Hall–Kier alpha value is -2.48. The fraction of sp³-hybridized carbons (Fsp3) is 0. The van der Waals surface area contributed by atoms with Crippen LogP contribution in [0.15, 0.2) is 51.7 Å². The van der Waals surface area contributed by atoms with E-state index in [9.17, 15) is 9.59 Å². The third kappa shape index (κ3) is 4.14. The van der Waals surface area contributed by atoms with Gasteiger partial charge in [-0.05, 0) is 29.6 Å². The van der Waals surface area contributed by atoms with Crippen molar-refractivity contribution in [1.29, 1.82) is 0 Å². The van der Waals surface area contributed by atoms with E-state index in [0.717, 1.165) is 4.88 Å². The van der Waals surface area contributed by atoms with Gasteiger partial charge in [-0.1, -0.05) is 35.3 Å². The van der Waals surface area contributed by atoms with E-state index < -0.39 is 11.6 Å². The van der Waals surface area contributed by atoms with Gasteiger partial charge in [-0.3, -0.25) is 4.79 Å². The monoisotopic (exact) mass is 392 g/mol. The molecule has 2 aromatic heterocycles. The molecule has 2 N–H and O–H groups in total. The van der Waals surface area contributed by atoms with E-state index >= 15 is 0 Å². The van der Waals surface area contributed by atoms with Crippen molar-refractivity contribution in [2.45, 2.75) is 0 Å². The number of aromatic nitrogens is 2. The lowest BCUT2D eigenvalue weighted by atomic mass is 10.2. The molecule has 0 radical (unpaired) electrons. The first kappa shape index (κ1) is 17.3. The van der Waals surface area contributed by atoms with Gasteiger partial charge < -0.3 is 4.98 Å². The summed E-state index contributed by atoms with van der Waals surface area (Å²) in [4.78, 5) is 30.9. The van der Waals surface area contributed by atoms with E-state index in [4.69, 9.17) is 23.2 Å². The summed E-state index contributed by atoms with van der Waals surface area (Å²) in [5.74, 6) is -0.622. The molecule has 1 aromatic carbocycles. The number of H-pyrrole nitrogens is 1. The molecule has 126 valence electrons. The van der Waals surface area contributed by atoms with Crippen LogP contribution in [0.5, 0.6) is 0 Å². The zero-order chi connectivity index (χ0) is 17.8. The topological polar surface area (TPSA) is 87.2 Å². The van der Waals surface area contributed by atoms with Crippen molar-refractivity contribution in [3.05, 3.63) is 73.6 Å². The summed E-state index contributed by atoms with van der Waals surface area (Å²) in [6.07, 6.45) is 1.33. The molecule has 2 heterocycles. The van der Waals surface area contributed by atoms with Gasteiger partial charge in [0.15, 0.2) is 0 Å². The van der Waals surface area contributed by atoms with E-state index in [-0.39, 0.29) is 5.69 Å². The molecule has 9 heteroatoms. The van der Waals surface area contributed by atoms with Gasteiger partial charge >= 0.3 is 5.69 Å². The third-order valence-electron chi connectivity index (χ3n) is 3.12. The second kappa shape index (κ2) is 7.60. The van der Waals surface area contributed by atoms with Gasteiger partial charge in [0.05, 0.1) is 26.8 Å². The average molecular weight is 393 g/mol. The van der Waals surface area contributed by atoms with Crippen LogP contribution >= 0.6 is 34.5 Å². The molecule has 0 bridgehead atoms. The maximum Gasteiger partial charge on any atom is 0.346 e. The van der Waals surface area contributed by atoms with Crippen molar-refractivity contribution in [2.75, 3.05) is 0 Å². The van der Waals surface area contributed by atoms with E-state index in [0.29, 0.717) is 21.3 Å². The Morgan fingerprint density at radius 3 is 2.68 bits per heavy atom. The summed E-state index contributed by atoms with van der Waals surface area (Å²) < 4.78 is 0. The standard InChI is InChI=1S/C16H10Cl2N4O2S/c17-10-3-1-4-11(18)9(10)8-19-22-15(23)13-7-12(20-16(24)21-13)14-5-2-6-25-14/h1-8H,(H,22,23)(H,20,21,24)/b19-8+. The second-order valence-corrected chi connectivity index (χ2v) is 6.56. The Balaban J connectivity index is 1.80. The molecule has 0 unspecified atom stereocenters. The summed E-state index contributed by atoms with van der Waals surface area (Å²) in [6, 6.07) is 10.2. The van der Waals surface area contributed by atoms with Gasteiger partial charge in [-0.25, -0.2) is 10.2 Å². The lowest BCUT2D eigenvalue weighted by molar-refractivity contribution is 0.0949. The summed E-state index contributed by atoms with van der Waals surface area (Å²) in [5.41, 5.74) is 2.63. The van der Waals surface area contributed by atoms with Crippen LogP contribution in [0.3, 0.4) is 0 Å². The molecule has 0 aliphatic rings. The van der Waals surface area contributed by atoms with Gasteiger partial charge in [0.2, 0.25) is 0 Å². The van der Waals surface area contributed by atoms with Crippen molar-refractivity contribution in [3.8, 4) is 10.6 Å². The predicted octanol–water partition coefficient (Wildman–Crippen LogP) is 3.57. The van der Waals surface area contributed by atoms with Crippen LogP contribution in [-0.2, 0) is 0 Å². The molecule has 0 spiro atoms. The highest BCUT2D eigenvalue weighted by Gasteiger charge is 2.11. The highest BCUT2D eigenvalue weighted by molar-refractivity contribution is 7.13. The zero-order valence-corrected chi connectivity index (χ0v) is 14.8. The fourth-order valence-electron chi connectivity index (χ4n) is 1.99. The van der Waals surface area contributed by atoms with Crippen LogP contribution in [0.2, 0.25) is 10.0 Å². The Morgan fingerprint density at radius 1 is 1.24 bits per heavy atom. The maximum atomic E-state index is 12.2. The van der Waals surface area contributed by atoms with Gasteiger partial charge in [-0.15, -0.1) is 11.3 Å². The number of nitrogens with zero attached hydrogens (tertiary/aromatic N) is 2. The van der Waals surface area contributed by atoms with Gasteiger partial charge in [0.1, 0.15) is 5.69 Å². The number of halogens is 2. The number of amides is 1. The van der Waals surface area contributed by atoms with Crippen LogP contribution in [-0.4, -0.2) is 22.1 Å². The largest absolute Gasteiger partial charge is 0.346 e. The van der Waals surface area contributed by atoms with E-state index in [1.165, 1.54) is 23.6 Å². The Bertz CT molecular complexity index is 979. The Morgan fingerprint density at radius 2 is 2.00 bits per heavy atom. The number of aromatic amines is 1. The van der Waals surface area contributed by atoms with Crippen molar-refractivity contribution < 1.29 is 4.79 Å². The summed E-state index contributed by atoms with van der Waals surface area (Å²) in [6.45, 7) is 0. The lowest BCUT2D eigenvalue weighted by Crippen LogP contribution is -2.24. The van der Waals surface area contributed by atoms with E-state index in [1.807, 2.05) is 17.5 Å². The van der Waals surface area contributed by atoms with Crippen molar-refractivity contribution in [3.63, 3.8) is 0 Å². The molecule has 3 rings (SSSR count). The molecule has 3 aromatic rings. The van der Waals surface area contributed by atoms with Gasteiger partial charge in [0.25, 0.3) is 5.91 Å². The highest BCUT2D eigenvalue weighted by Crippen LogP contribution is 2.22. The van der Waals surface area contributed by atoms with E-state index in [1.54, 1.807) is 18.2 Å². The Kier molecular flexibility index (Phi) is 5.28. The molecule has 1 amide bonds. The molecular formula is C16H10Cl2N4O2S. The van der Waals surface area contributed by atoms with Crippen molar-refractivity contribution in [2.24, 2.45) is 5.10 Å². The van der Waals surface area contributed by atoms with Crippen LogP contribution in [0.1, 0.15) is 16.1 Å². The first-order valence-electron chi connectivity index (χ1n) is 6.97. The van der Waals surface area contributed by atoms with Crippen LogP contribution in [0, 0.1) is 0 Å². The molecular weight excluding hydrogens is 383 g/mol. The average Bonchev–Trinajstić information content (AvgIpc) is 3.11. The van der Waals surface area contributed by atoms with E-state index in [2.05, 4.69) is 20.5 Å². The predicted molar refractivity (Wildman–Crippen MR) is 99.7 cm³/mol. The second-order valence-electron chi connectivity index (χ2n) is 4.80. The molecule has 6 nitrogen and oxygen atoms in total. The molecule has 25 heavy (non-hydrogen) atoms. The number of hydrogen-bond donors (Lipinski definition) is 2. The van der Waals surface area contributed by atoms with Gasteiger partial charge in [0, 0.05) is 5.56 Å². The number of nitrogens with one attached hydrogen (secondary N) is 2. The number of carbonyl (C=O) groups excluding carboxylic acids is 1. The molecule has 0 aliphatic heterocycles. The Labute approximate surface area is 156 Å². The first-order chi connectivity index (χ1) is 12.0. The zero-order valence-electron chi connectivity index (χ0n) is 12.5. The van der Waals surface area contributed by atoms with Gasteiger partial charge in [-0.2, -0.15) is 10.1 Å². The summed E-state index contributed by atoms with van der Waals surface area (Å²) in [5, 5.41) is 6.49. The number of benzene rings is 1. The number of rotatable bonds is 4. The SMILES string of the molecule is O=C(N/N=C/c1c(Cl)cccc1Cl)c1cc(-c2cccs2)[nH]c(=O)n1. The maximum absolute atomic E-state index is 12.2. The minimum atomic E-state index is -0.622. The molecule has 0 aliphatic carbocycles. The normalized spacial score (nSPS) is 11.0. The summed E-state index contributed by atoms with van der Waals surface area (Å²) in [7, 11) is 0. The molecule has 0 saturated heterocycles. The van der Waals surface area contributed by atoms with Crippen LogP contribution in [0.25, 0.3) is 10.6 Å². The molecule has 0 saturated carbocycles.